The van der Waals surface area contributed by atoms with Crippen LogP contribution in [-0.4, -0.2) is 4.57 Å². The Hall–Kier alpha value is -5.73. The Morgan fingerprint density at radius 2 is 1.13 bits per heavy atom. The summed E-state index contributed by atoms with van der Waals surface area (Å²) in [6.45, 7) is 8.21. The average Bonchev–Trinajstić information content (AvgIpc) is 3.80. The van der Waals surface area contributed by atoms with Gasteiger partial charge in [-0.15, -0.1) is 22.7 Å². The van der Waals surface area contributed by atoms with Crippen molar-refractivity contribution in [3.05, 3.63) is 157 Å². The van der Waals surface area contributed by atoms with Gasteiger partial charge in [-0.05, 0) is 76.2 Å². The Kier molecular flexibility index (Phi) is 5.71. The molecule has 7 aromatic carbocycles. The summed E-state index contributed by atoms with van der Waals surface area (Å²) < 4.78 is 7.24. The third-order valence-corrected chi connectivity index (χ3v) is 11.8. The number of para-hydroxylation sites is 1. The SMILES string of the molecule is [C-]#[N+]c1cc(-c2ccc3sc4ccccc4c3c2)cc2c1sc1c(-n3c4ccccc4c4ccc(-c5ccccc5)cc43)cccc12. The van der Waals surface area contributed by atoms with Crippen LogP contribution in [0.1, 0.15) is 0 Å². The van der Waals surface area contributed by atoms with Crippen molar-refractivity contribution >= 4 is 90.5 Å². The highest BCUT2D eigenvalue weighted by atomic mass is 32.1. The average molecular weight is 633 g/mol. The minimum atomic E-state index is 0.702. The lowest BCUT2D eigenvalue weighted by Crippen LogP contribution is -1.94. The lowest BCUT2D eigenvalue weighted by Gasteiger charge is -2.10. The van der Waals surface area contributed by atoms with Gasteiger partial charge in [0.25, 0.3) is 0 Å². The molecule has 3 heterocycles. The number of thiophene rings is 2. The van der Waals surface area contributed by atoms with E-state index in [1.165, 1.54) is 63.2 Å². The zero-order valence-corrected chi connectivity index (χ0v) is 26.7. The molecule has 0 fully saturated rings. The number of rotatable bonds is 3. The molecule has 0 saturated heterocycles. The molecule has 4 heteroatoms. The van der Waals surface area contributed by atoms with Crippen molar-refractivity contribution < 1.29 is 0 Å². The molecule has 0 aliphatic carbocycles. The topological polar surface area (TPSA) is 9.29 Å². The van der Waals surface area contributed by atoms with Gasteiger partial charge in [0.05, 0.1) is 28.0 Å². The van der Waals surface area contributed by atoms with Crippen molar-refractivity contribution in [2.24, 2.45) is 0 Å². The Morgan fingerprint density at radius 1 is 0.426 bits per heavy atom. The Balaban J connectivity index is 1.23. The fourth-order valence-corrected chi connectivity index (χ4v) is 9.57. The molecule has 10 rings (SSSR count). The van der Waals surface area contributed by atoms with E-state index in [-0.39, 0.29) is 0 Å². The van der Waals surface area contributed by atoms with Crippen molar-refractivity contribution in [2.45, 2.75) is 0 Å². The van der Waals surface area contributed by atoms with E-state index in [4.69, 9.17) is 6.57 Å². The summed E-state index contributed by atoms with van der Waals surface area (Å²) in [6.07, 6.45) is 0. The van der Waals surface area contributed by atoms with Crippen LogP contribution >= 0.6 is 22.7 Å². The van der Waals surface area contributed by atoms with E-state index >= 15 is 0 Å². The molecule has 0 unspecified atom stereocenters. The summed E-state index contributed by atoms with van der Waals surface area (Å²) >= 11 is 3.56. The van der Waals surface area contributed by atoms with Gasteiger partial charge in [-0.2, -0.15) is 0 Å². The van der Waals surface area contributed by atoms with Crippen LogP contribution in [0.25, 0.3) is 94.9 Å². The van der Waals surface area contributed by atoms with Crippen molar-refractivity contribution in [1.29, 1.82) is 0 Å². The van der Waals surface area contributed by atoms with Crippen LogP contribution in [0.4, 0.5) is 5.69 Å². The molecule has 0 radical (unpaired) electrons. The maximum atomic E-state index is 8.21. The van der Waals surface area contributed by atoms with Crippen LogP contribution in [-0.2, 0) is 0 Å². The zero-order valence-electron chi connectivity index (χ0n) is 25.1. The molecular formula is C43H24N2S2. The summed E-state index contributed by atoms with van der Waals surface area (Å²) in [5.41, 5.74) is 8.82. The number of nitrogens with zero attached hydrogens (tertiary/aromatic N) is 2. The minimum Gasteiger partial charge on any atom is -0.308 e. The maximum absolute atomic E-state index is 8.21. The second-order valence-electron chi connectivity index (χ2n) is 12.0. The summed E-state index contributed by atoms with van der Waals surface area (Å²) in [6, 6.07) is 52.4. The first-order valence-electron chi connectivity index (χ1n) is 15.6. The summed E-state index contributed by atoms with van der Waals surface area (Å²) in [4.78, 5) is 4.08. The number of hydrogen-bond acceptors (Lipinski definition) is 2. The monoisotopic (exact) mass is 632 g/mol. The smallest absolute Gasteiger partial charge is 0.205 e. The van der Waals surface area contributed by atoms with Gasteiger partial charge in [-0.1, -0.05) is 97.1 Å². The standard InChI is InChI=1S/C43H24N2S2/c1-44-36-24-29(27-19-21-41-34(22-27)32-13-6-8-17-40(32)46-41)23-35-33-14-9-16-38(43(33)47-42(35)36)45-37-15-7-5-12-30(37)31-20-18-28(25-39(31)45)26-10-3-2-4-11-26/h2-25H. The number of aromatic nitrogens is 1. The number of hydrogen-bond donors (Lipinski definition) is 0. The van der Waals surface area contributed by atoms with Gasteiger partial charge in [0.2, 0.25) is 5.69 Å². The molecule has 10 aromatic rings. The van der Waals surface area contributed by atoms with Gasteiger partial charge in [-0.25, -0.2) is 4.85 Å². The van der Waals surface area contributed by atoms with Crippen molar-refractivity contribution in [2.75, 3.05) is 0 Å². The van der Waals surface area contributed by atoms with Crippen LogP contribution < -0.4 is 0 Å². The number of fused-ring (bicyclic) bond motifs is 9. The molecule has 0 N–H and O–H groups in total. The lowest BCUT2D eigenvalue weighted by atomic mass is 10.00. The van der Waals surface area contributed by atoms with Gasteiger partial charge in [-0.3, -0.25) is 0 Å². The highest BCUT2D eigenvalue weighted by Gasteiger charge is 2.19. The minimum absolute atomic E-state index is 0.702. The molecule has 0 amide bonds. The molecule has 0 atom stereocenters. The van der Waals surface area contributed by atoms with E-state index in [1.807, 2.05) is 11.3 Å². The second-order valence-corrected chi connectivity index (χ2v) is 14.1. The molecule has 3 aromatic heterocycles. The second kappa shape index (κ2) is 10.1. The fourth-order valence-electron chi connectivity index (χ4n) is 7.24. The Labute approximate surface area is 278 Å². The van der Waals surface area contributed by atoms with Gasteiger partial charge in [0.15, 0.2) is 0 Å². The predicted octanol–water partition coefficient (Wildman–Crippen LogP) is 13.4. The summed E-state index contributed by atoms with van der Waals surface area (Å²) in [7, 11) is 0. The van der Waals surface area contributed by atoms with E-state index in [0.717, 1.165) is 26.9 Å². The molecular weight excluding hydrogens is 609 g/mol. The Bertz CT molecular complexity index is 2920. The van der Waals surface area contributed by atoms with Crippen molar-refractivity contribution in [3.8, 4) is 27.9 Å². The van der Waals surface area contributed by atoms with Gasteiger partial charge in [0.1, 0.15) is 0 Å². The quantitative estimate of drug-likeness (QED) is 0.171. The first-order chi connectivity index (χ1) is 23.2. The van der Waals surface area contributed by atoms with Crippen molar-refractivity contribution in [3.63, 3.8) is 0 Å². The van der Waals surface area contributed by atoms with Crippen LogP contribution in [0, 0.1) is 6.57 Å². The zero-order chi connectivity index (χ0) is 31.1. The first-order valence-corrected chi connectivity index (χ1v) is 17.3. The van der Waals surface area contributed by atoms with E-state index in [9.17, 15) is 0 Å². The maximum Gasteiger partial charge on any atom is 0.205 e. The van der Waals surface area contributed by atoms with Crippen LogP contribution in [0.5, 0.6) is 0 Å². The van der Waals surface area contributed by atoms with E-state index in [2.05, 4.69) is 155 Å². The van der Waals surface area contributed by atoms with Gasteiger partial charge < -0.3 is 4.57 Å². The van der Waals surface area contributed by atoms with E-state index in [1.54, 1.807) is 11.3 Å². The molecule has 0 spiro atoms. The fraction of sp³-hybridized carbons (Fsp3) is 0. The highest BCUT2D eigenvalue weighted by Crippen LogP contribution is 2.46. The molecule has 2 nitrogen and oxygen atoms in total. The van der Waals surface area contributed by atoms with E-state index in [0.29, 0.717) is 5.69 Å². The highest BCUT2D eigenvalue weighted by molar-refractivity contribution is 7.27. The molecule has 218 valence electrons. The third kappa shape index (κ3) is 3.95. The largest absolute Gasteiger partial charge is 0.308 e. The molecule has 0 saturated carbocycles. The normalized spacial score (nSPS) is 11.8. The molecule has 47 heavy (non-hydrogen) atoms. The van der Waals surface area contributed by atoms with Crippen LogP contribution in [0.2, 0.25) is 0 Å². The first kappa shape index (κ1) is 26.5. The van der Waals surface area contributed by atoms with E-state index < -0.39 is 0 Å². The predicted molar refractivity (Wildman–Crippen MR) is 204 cm³/mol. The van der Waals surface area contributed by atoms with Crippen LogP contribution in [0.15, 0.2) is 146 Å². The third-order valence-electron chi connectivity index (χ3n) is 9.41. The summed E-state index contributed by atoms with van der Waals surface area (Å²) in [5.74, 6) is 0. The number of benzene rings is 7. The lowest BCUT2D eigenvalue weighted by molar-refractivity contribution is 1.20. The molecule has 0 aliphatic heterocycles. The Morgan fingerprint density at radius 3 is 2.02 bits per heavy atom. The molecule has 0 bridgehead atoms. The van der Waals surface area contributed by atoms with Gasteiger partial charge in [0, 0.05) is 41.0 Å². The van der Waals surface area contributed by atoms with Crippen molar-refractivity contribution in [1.82, 2.24) is 4.57 Å². The van der Waals surface area contributed by atoms with Gasteiger partial charge >= 0.3 is 0 Å². The summed E-state index contributed by atoms with van der Waals surface area (Å²) in [5, 5.41) is 7.34. The van der Waals surface area contributed by atoms with Crippen LogP contribution in [0.3, 0.4) is 0 Å². The molecule has 0 aliphatic rings.